The molecule has 1 heterocycles. The largest absolute Gasteiger partial charge is 0.495 e. The molecule has 0 saturated carbocycles. The zero-order chi connectivity index (χ0) is 12.4. The Morgan fingerprint density at radius 3 is 2.82 bits per heavy atom. The van der Waals surface area contributed by atoms with Crippen LogP contribution in [-0.2, 0) is 6.42 Å². The number of rotatable bonds is 3. The molecule has 1 aromatic rings. The molecule has 0 spiro atoms. The zero-order valence-electron chi connectivity index (χ0n) is 10.8. The number of ether oxygens (including phenoxy) is 1. The number of aryl methyl sites for hydroxylation is 1. The van der Waals surface area contributed by atoms with E-state index < -0.39 is 0 Å². The lowest BCUT2D eigenvalue weighted by molar-refractivity contribution is 0.402. The molecule has 0 aliphatic carbocycles. The van der Waals surface area contributed by atoms with E-state index >= 15 is 0 Å². The normalized spacial score (nSPS) is 19.6. The van der Waals surface area contributed by atoms with E-state index in [1.54, 1.807) is 7.11 Å². The first-order chi connectivity index (χ1) is 8.13. The Morgan fingerprint density at radius 2 is 2.24 bits per heavy atom. The predicted molar refractivity (Wildman–Crippen MR) is 74.8 cm³/mol. The van der Waals surface area contributed by atoms with Crippen LogP contribution in [0.15, 0.2) is 10.5 Å². The standard InChI is InChI=1S/C14H20BrNO/c1-9-6-13(15)14(17-3)12(10(9)2)7-11-4-5-16-8-11/h6,11,16H,4-5,7-8H2,1-3H3. The molecule has 1 aliphatic rings. The van der Waals surface area contributed by atoms with E-state index in [0.717, 1.165) is 35.7 Å². The Hall–Kier alpha value is -0.540. The van der Waals surface area contributed by atoms with Crippen molar-refractivity contribution in [2.45, 2.75) is 26.7 Å². The topological polar surface area (TPSA) is 21.3 Å². The Labute approximate surface area is 112 Å². The van der Waals surface area contributed by atoms with Crippen LogP contribution in [0.25, 0.3) is 0 Å². The van der Waals surface area contributed by atoms with Gasteiger partial charge in [0.25, 0.3) is 0 Å². The maximum absolute atomic E-state index is 5.55. The molecule has 1 aromatic carbocycles. The van der Waals surface area contributed by atoms with Crippen LogP contribution in [0.4, 0.5) is 0 Å². The summed E-state index contributed by atoms with van der Waals surface area (Å²) in [6, 6.07) is 2.14. The molecule has 1 fully saturated rings. The highest BCUT2D eigenvalue weighted by Crippen LogP contribution is 2.35. The van der Waals surface area contributed by atoms with E-state index in [2.05, 4.69) is 41.2 Å². The van der Waals surface area contributed by atoms with Crippen LogP contribution < -0.4 is 10.1 Å². The van der Waals surface area contributed by atoms with E-state index in [4.69, 9.17) is 4.74 Å². The molecule has 2 nitrogen and oxygen atoms in total. The summed E-state index contributed by atoms with van der Waals surface area (Å²) >= 11 is 3.60. The first kappa shape index (κ1) is 12.9. The summed E-state index contributed by atoms with van der Waals surface area (Å²) in [5.74, 6) is 1.76. The number of hydrogen-bond acceptors (Lipinski definition) is 2. The van der Waals surface area contributed by atoms with Gasteiger partial charge in [-0.2, -0.15) is 0 Å². The summed E-state index contributed by atoms with van der Waals surface area (Å²) in [5.41, 5.74) is 4.07. The second-order valence-electron chi connectivity index (χ2n) is 4.88. The van der Waals surface area contributed by atoms with Crippen molar-refractivity contribution < 1.29 is 4.74 Å². The van der Waals surface area contributed by atoms with Crippen LogP contribution in [0, 0.1) is 19.8 Å². The minimum absolute atomic E-state index is 0.747. The SMILES string of the molecule is COc1c(Br)cc(C)c(C)c1CC1CCNC1. The van der Waals surface area contributed by atoms with E-state index in [9.17, 15) is 0 Å². The van der Waals surface area contributed by atoms with Gasteiger partial charge in [-0.1, -0.05) is 0 Å². The fraction of sp³-hybridized carbons (Fsp3) is 0.571. The molecule has 94 valence electrons. The first-order valence-electron chi connectivity index (χ1n) is 6.16. The minimum atomic E-state index is 0.747. The lowest BCUT2D eigenvalue weighted by Crippen LogP contribution is -2.12. The Balaban J connectivity index is 2.35. The third-order valence-corrected chi connectivity index (χ3v) is 4.33. The first-order valence-corrected chi connectivity index (χ1v) is 6.96. The molecule has 2 rings (SSSR count). The van der Waals surface area contributed by atoms with Crippen molar-refractivity contribution in [3.63, 3.8) is 0 Å². The van der Waals surface area contributed by atoms with Crippen LogP contribution in [0.5, 0.6) is 5.75 Å². The highest BCUT2D eigenvalue weighted by molar-refractivity contribution is 9.10. The van der Waals surface area contributed by atoms with Gasteiger partial charge >= 0.3 is 0 Å². The smallest absolute Gasteiger partial charge is 0.136 e. The maximum atomic E-state index is 5.55. The molecule has 1 N–H and O–H groups in total. The molecule has 0 bridgehead atoms. The van der Waals surface area contributed by atoms with Gasteiger partial charge in [-0.15, -0.1) is 0 Å². The summed E-state index contributed by atoms with van der Waals surface area (Å²) in [7, 11) is 1.76. The lowest BCUT2D eigenvalue weighted by Gasteiger charge is -2.18. The summed E-state index contributed by atoms with van der Waals surface area (Å²) < 4.78 is 6.63. The number of benzene rings is 1. The van der Waals surface area contributed by atoms with Gasteiger partial charge in [0.1, 0.15) is 5.75 Å². The average molecular weight is 298 g/mol. The van der Waals surface area contributed by atoms with E-state index in [1.807, 2.05) is 0 Å². The van der Waals surface area contributed by atoms with Crippen LogP contribution in [0.1, 0.15) is 23.1 Å². The van der Waals surface area contributed by atoms with Crippen molar-refractivity contribution >= 4 is 15.9 Å². The highest BCUT2D eigenvalue weighted by Gasteiger charge is 2.20. The molecular weight excluding hydrogens is 278 g/mol. The van der Waals surface area contributed by atoms with Crippen molar-refractivity contribution in [2.24, 2.45) is 5.92 Å². The Morgan fingerprint density at radius 1 is 1.47 bits per heavy atom. The molecule has 1 atom stereocenters. The van der Waals surface area contributed by atoms with Crippen molar-refractivity contribution in [2.75, 3.05) is 20.2 Å². The predicted octanol–water partition coefficient (Wildman–Crippen LogP) is 3.23. The summed E-state index contributed by atoms with van der Waals surface area (Å²) in [5, 5.41) is 3.43. The molecule has 1 aliphatic heterocycles. The third-order valence-electron chi connectivity index (χ3n) is 3.74. The van der Waals surface area contributed by atoms with Crippen molar-refractivity contribution in [3.05, 3.63) is 27.2 Å². The van der Waals surface area contributed by atoms with Crippen LogP contribution in [-0.4, -0.2) is 20.2 Å². The molecule has 0 radical (unpaired) electrons. The van der Waals surface area contributed by atoms with E-state index in [-0.39, 0.29) is 0 Å². The summed E-state index contributed by atoms with van der Waals surface area (Å²) in [4.78, 5) is 0. The third kappa shape index (κ3) is 2.66. The molecule has 0 amide bonds. The fourth-order valence-electron chi connectivity index (χ4n) is 2.56. The number of nitrogens with one attached hydrogen (secondary N) is 1. The molecule has 0 aromatic heterocycles. The molecular formula is C14H20BrNO. The molecule has 17 heavy (non-hydrogen) atoms. The molecule has 3 heteroatoms. The highest BCUT2D eigenvalue weighted by atomic mass is 79.9. The number of halogens is 1. The van der Waals surface area contributed by atoms with Crippen LogP contribution >= 0.6 is 15.9 Å². The second kappa shape index (κ2) is 5.40. The number of methoxy groups -OCH3 is 1. The number of hydrogen-bond donors (Lipinski definition) is 1. The van der Waals surface area contributed by atoms with Crippen molar-refractivity contribution in [1.29, 1.82) is 0 Å². The summed E-state index contributed by atoms with van der Waals surface area (Å²) in [6.07, 6.45) is 2.39. The van der Waals surface area contributed by atoms with E-state index in [0.29, 0.717) is 0 Å². The monoisotopic (exact) mass is 297 g/mol. The van der Waals surface area contributed by atoms with Gasteiger partial charge in [-0.25, -0.2) is 0 Å². The van der Waals surface area contributed by atoms with Gasteiger partial charge in [-0.3, -0.25) is 0 Å². The second-order valence-corrected chi connectivity index (χ2v) is 5.73. The van der Waals surface area contributed by atoms with E-state index in [1.165, 1.54) is 23.1 Å². The van der Waals surface area contributed by atoms with Gasteiger partial charge in [0.15, 0.2) is 0 Å². The molecule has 1 saturated heterocycles. The Bertz CT molecular complexity index is 411. The Kier molecular flexibility index (Phi) is 4.10. The van der Waals surface area contributed by atoms with Crippen LogP contribution in [0.2, 0.25) is 0 Å². The zero-order valence-corrected chi connectivity index (χ0v) is 12.4. The van der Waals surface area contributed by atoms with Crippen molar-refractivity contribution in [1.82, 2.24) is 5.32 Å². The lowest BCUT2D eigenvalue weighted by atomic mass is 9.92. The fourth-order valence-corrected chi connectivity index (χ4v) is 3.30. The van der Waals surface area contributed by atoms with Crippen LogP contribution in [0.3, 0.4) is 0 Å². The quantitative estimate of drug-likeness (QED) is 0.925. The average Bonchev–Trinajstić information content (AvgIpc) is 2.78. The molecule has 1 unspecified atom stereocenters. The van der Waals surface area contributed by atoms with Gasteiger partial charge in [0.05, 0.1) is 11.6 Å². The van der Waals surface area contributed by atoms with Gasteiger partial charge in [0.2, 0.25) is 0 Å². The summed E-state index contributed by atoms with van der Waals surface area (Å²) in [6.45, 7) is 6.64. The van der Waals surface area contributed by atoms with Gasteiger partial charge in [-0.05, 0) is 84.4 Å². The van der Waals surface area contributed by atoms with Gasteiger partial charge < -0.3 is 10.1 Å². The van der Waals surface area contributed by atoms with Crippen molar-refractivity contribution in [3.8, 4) is 5.75 Å². The minimum Gasteiger partial charge on any atom is -0.495 e. The van der Waals surface area contributed by atoms with Gasteiger partial charge in [0, 0.05) is 0 Å². The maximum Gasteiger partial charge on any atom is 0.136 e.